The van der Waals surface area contributed by atoms with Crippen molar-refractivity contribution >= 4 is 11.8 Å². The summed E-state index contributed by atoms with van der Waals surface area (Å²) in [6.45, 7) is 3.76. The standard InChI is InChI=1S/C18H23N5O2/c1-14(15-6-3-2-4-7-15)23-11-16(10-17(23)24)18(25)20-8-5-9-22-13-19-12-21-22/h2-4,6-7,12-14,16H,5,8-11H2,1H3,(H,20,25)/t14-,16-/m0/s1. The van der Waals surface area contributed by atoms with Crippen LogP contribution >= 0.6 is 0 Å². The van der Waals surface area contributed by atoms with E-state index in [1.807, 2.05) is 37.3 Å². The van der Waals surface area contributed by atoms with Crippen LogP contribution in [0, 0.1) is 5.92 Å². The number of likely N-dealkylation sites (tertiary alicyclic amines) is 1. The van der Waals surface area contributed by atoms with Crippen LogP contribution < -0.4 is 5.32 Å². The summed E-state index contributed by atoms with van der Waals surface area (Å²) < 4.78 is 1.73. The molecule has 1 saturated heterocycles. The van der Waals surface area contributed by atoms with E-state index in [1.54, 1.807) is 15.9 Å². The summed E-state index contributed by atoms with van der Waals surface area (Å²) in [6, 6.07) is 9.89. The number of rotatable bonds is 7. The van der Waals surface area contributed by atoms with Gasteiger partial charge in [0.25, 0.3) is 0 Å². The maximum absolute atomic E-state index is 12.3. The minimum Gasteiger partial charge on any atom is -0.356 e. The van der Waals surface area contributed by atoms with Gasteiger partial charge in [-0.1, -0.05) is 30.3 Å². The highest BCUT2D eigenvalue weighted by Gasteiger charge is 2.36. The number of aryl methyl sites for hydroxylation is 1. The van der Waals surface area contributed by atoms with Gasteiger partial charge in [0.05, 0.1) is 12.0 Å². The molecule has 1 aromatic carbocycles. The zero-order chi connectivity index (χ0) is 17.6. The van der Waals surface area contributed by atoms with Crippen molar-refractivity contribution in [1.29, 1.82) is 0 Å². The quantitative estimate of drug-likeness (QED) is 0.772. The van der Waals surface area contributed by atoms with Gasteiger partial charge < -0.3 is 10.2 Å². The molecule has 7 nitrogen and oxygen atoms in total. The van der Waals surface area contributed by atoms with E-state index in [9.17, 15) is 9.59 Å². The van der Waals surface area contributed by atoms with E-state index < -0.39 is 0 Å². The molecular weight excluding hydrogens is 318 g/mol. The molecule has 1 aromatic heterocycles. The molecule has 1 N–H and O–H groups in total. The van der Waals surface area contributed by atoms with Gasteiger partial charge in [-0.15, -0.1) is 0 Å². The van der Waals surface area contributed by atoms with Gasteiger partial charge in [0, 0.05) is 26.1 Å². The second-order valence-electron chi connectivity index (χ2n) is 6.34. The number of amides is 2. The molecule has 0 saturated carbocycles. The maximum Gasteiger partial charge on any atom is 0.225 e. The third kappa shape index (κ3) is 4.23. The summed E-state index contributed by atoms with van der Waals surface area (Å²) in [5, 5.41) is 6.95. The molecule has 7 heteroatoms. The van der Waals surface area contributed by atoms with Gasteiger partial charge in [-0.2, -0.15) is 5.10 Å². The van der Waals surface area contributed by atoms with Crippen LogP contribution in [0.3, 0.4) is 0 Å². The molecule has 0 unspecified atom stereocenters. The van der Waals surface area contributed by atoms with Gasteiger partial charge in [-0.25, -0.2) is 4.98 Å². The Kier molecular flexibility index (Phi) is 5.42. The van der Waals surface area contributed by atoms with Crippen LogP contribution in [0.4, 0.5) is 0 Å². The first-order valence-electron chi connectivity index (χ1n) is 8.59. The second-order valence-corrected chi connectivity index (χ2v) is 6.34. The zero-order valence-electron chi connectivity index (χ0n) is 14.3. The number of carbonyl (C=O) groups excluding carboxylic acids is 2. The van der Waals surface area contributed by atoms with E-state index >= 15 is 0 Å². The third-order valence-corrected chi connectivity index (χ3v) is 4.61. The molecule has 0 aliphatic carbocycles. The van der Waals surface area contributed by atoms with E-state index in [4.69, 9.17) is 0 Å². The van der Waals surface area contributed by atoms with Crippen molar-refractivity contribution in [3.05, 3.63) is 48.5 Å². The lowest BCUT2D eigenvalue weighted by molar-refractivity contribution is -0.130. The molecule has 1 aliphatic rings. The third-order valence-electron chi connectivity index (χ3n) is 4.61. The van der Waals surface area contributed by atoms with Crippen molar-refractivity contribution in [3.63, 3.8) is 0 Å². The molecule has 2 amide bonds. The van der Waals surface area contributed by atoms with Crippen LogP contribution in [0.25, 0.3) is 0 Å². The molecule has 0 spiro atoms. The lowest BCUT2D eigenvalue weighted by Gasteiger charge is -2.25. The summed E-state index contributed by atoms with van der Waals surface area (Å²) in [5.74, 6) is -0.279. The predicted octanol–water partition coefficient (Wildman–Crippen LogP) is 1.39. The molecule has 3 rings (SSSR count). The highest BCUT2D eigenvalue weighted by Crippen LogP contribution is 2.28. The largest absolute Gasteiger partial charge is 0.356 e. The average molecular weight is 341 g/mol. The molecule has 0 radical (unpaired) electrons. The molecular formula is C18H23N5O2. The van der Waals surface area contributed by atoms with Crippen molar-refractivity contribution in [2.24, 2.45) is 5.92 Å². The van der Waals surface area contributed by atoms with E-state index in [-0.39, 0.29) is 30.2 Å². The highest BCUT2D eigenvalue weighted by atomic mass is 16.2. The van der Waals surface area contributed by atoms with Crippen LogP contribution in [-0.4, -0.2) is 44.6 Å². The fourth-order valence-electron chi connectivity index (χ4n) is 3.14. The molecule has 1 aliphatic heterocycles. The Hall–Kier alpha value is -2.70. The van der Waals surface area contributed by atoms with Crippen molar-refractivity contribution in [2.45, 2.75) is 32.4 Å². The second kappa shape index (κ2) is 7.92. The van der Waals surface area contributed by atoms with Gasteiger partial charge >= 0.3 is 0 Å². The van der Waals surface area contributed by atoms with Crippen molar-refractivity contribution in [2.75, 3.05) is 13.1 Å². The van der Waals surface area contributed by atoms with Crippen LogP contribution in [-0.2, 0) is 16.1 Å². The summed E-state index contributed by atoms with van der Waals surface area (Å²) in [4.78, 5) is 30.3. The zero-order valence-corrected chi connectivity index (χ0v) is 14.3. The van der Waals surface area contributed by atoms with Gasteiger partial charge in [-0.3, -0.25) is 14.3 Å². The van der Waals surface area contributed by atoms with E-state index in [0.29, 0.717) is 19.6 Å². The summed E-state index contributed by atoms with van der Waals surface area (Å²) in [7, 11) is 0. The minimum absolute atomic E-state index is 0.0150. The molecule has 1 fully saturated rings. The maximum atomic E-state index is 12.3. The highest BCUT2D eigenvalue weighted by molar-refractivity contribution is 5.89. The average Bonchev–Trinajstić information content (AvgIpc) is 3.28. The molecule has 2 heterocycles. The van der Waals surface area contributed by atoms with E-state index in [1.165, 1.54) is 6.33 Å². The summed E-state index contributed by atoms with van der Waals surface area (Å²) >= 11 is 0. The smallest absolute Gasteiger partial charge is 0.225 e. The number of hydrogen-bond acceptors (Lipinski definition) is 4. The Balaban J connectivity index is 1.47. The number of aromatic nitrogens is 3. The fourth-order valence-corrected chi connectivity index (χ4v) is 3.14. The number of nitrogens with one attached hydrogen (secondary N) is 1. The molecule has 2 atom stereocenters. The lowest BCUT2D eigenvalue weighted by Crippen LogP contribution is -2.34. The van der Waals surface area contributed by atoms with Crippen LogP contribution in [0.2, 0.25) is 0 Å². The van der Waals surface area contributed by atoms with Crippen LogP contribution in [0.5, 0.6) is 0 Å². The van der Waals surface area contributed by atoms with Gasteiger partial charge in [-0.05, 0) is 18.9 Å². The summed E-state index contributed by atoms with van der Waals surface area (Å²) in [6.07, 6.45) is 4.21. The summed E-state index contributed by atoms with van der Waals surface area (Å²) in [5.41, 5.74) is 1.09. The Labute approximate surface area is 147 Å². The lowest BCUT2D eigenvalue weighted by atomic mass is 10.1. The van der Waals surface area contributed by atoms with Crippen molar-refractivity contribution in [1.82, 2.24) is 25.0 Å². The van der Waals surface area contributed by atoms with Crippen molar-refractivity contribution < 1.29 is 9.59 Å². The van der Waals surface area contributed by atoms with Crippen LogP contribution in [0.15, 0.2) is 43.0 Å². The predicted molar refractivity (Wildman–Crippen MR) is 92.3 cm³/mol. The first-order chi connectivity index (χ1) is 12.1. The molecule has 2 aromatic rings. The van der Waals surface area contributed by atoms with Gasteiger partial charge in [0.1, 0.15) is 12.7 Å². The van der Waals surface area contributed by atoms with Gasteiger partial charge in [0.15, 0.2) is 0 Å². The normalized spacial score (nSPS) is 18.4. The molecule has 132 valence electrons. The molecule has 25 heavy (non-hydrogen) atoms. The topological polar surface area (TPSA) is 80.1 Å². The Morgan fingerprint density at radius 2 is 2.16 bits per heavy atom. The minimum atomic E-state index is -0.273. The number of carbonyl (C=O) groups is 2. The van der Waals surface area contributed by atoms with E-state index in [2.05, 4.69) is 15.4 Å². The fraction of sp³-hybridized carbons (Fsp3) is 0.444. The Morgan fingerprint density at radius 1 is 1.36 bits per heavy atom. The number of nitrogens with zero attached hydrogens (tertiary/aromatic N) is 4. The number of hydrogen-bond donors (Lipinski definition) is 1. The van der Waals surface area contributed by atoms with Gasteiger partial charge in [0.2, 0.25) is 11.8 Å². The van der Waals surface area contributed by atoms with Crippen molar-refractivity contribution in [3.8, 4) is 0 Å². The molecule has 0 bridgehead atoms. The Morgan fingerprint density at radius 3 is 2.88 bits per heavy atom. The first kappa shape index (κ1) is 17.1. The Bertz CT molecular complexity index is 702. The SMILES string of the molecule is C[C@@H](c1ccccc1)N1C[C@@H](C(=O)NCCCn2cncn2)CC1=O. The monoisotopic (exact) mass is 341 g/mol. The van der Waals surface area contributed by atoms with E-state index in [0.717, 1.165) is 12.0 Å². The first-order valence-corrected chi connectivity index (χ1v) is 8.59. The number of benzene rings is 1. The van der Waals surface area contributed by atoms with Crippen LogP contribution in [0.1, 0.15) is 31.4 Å².